The Hall–Kier alpha value is -1.75. The zero-order valence-electron chi connectivity index (χ0n) is 10.3. The first kappa shape index (κ1) is 13.7. The lowest BCUT2D eigenvalue weighted by molar-refractivity contribution is -0.119. The van der Waals surface area contributed by atoms with Gasteiger partial charge in [-0.15, -0.1) is 0 Å². The van der Waals surface area contributed by atoms with Crippen LogP contribution >= 0.6 is 11.6 Å². The van der Waals surface area contributed by atoms with E-state index in [1.165, 1.54) is 6.07 Å². The molecule has 2 rings (SSSR count). The number of nitrogens with zero attached hydrogens (tertiary/aromatic N) is 1. The number of carbonyl (C=O) groups excluding carboxylic acids is 1. The molecule has 1 unspecified atom stereocenters. The number of hydrogen-bond acceptors (Lipinski definition) is 3. The first-order chi connectivity index (χ1) is 9.02. The first-order valence-corrected chi connectivity index (χ1v) is 6.48. The highest BCUT2D eigenvalue weighted by atomic mass is 35.5. The molecular weight excluding hydrogens is 268 g/mol. The minimum atomic E-state index is -1.06. The molecule has 0 radical (unpaired) electrons. The molecule has 0 bridgehead atoms. The van der Waals surface area contributed by atoms with Crippen molar-refractivity contribution < 1.29 is 14.7 Å². The number of carboxylic acid groups (broad SMARTS) is 1. The lowest BCUT2D eigenvalue weighted by Crippen LogP contribution is -2.48. The quantitative estimate of drug-likeness (QED) is 0.887. The van der Waals surface area contributed by atoms with E-state index >= 15 is 0 Å². The summed E-state index contributed by atoms with van der Waals surface area (Å²) in [7, 11) is 0. The Labute approximate surface area is 116 Å². The average Bonchev–Trinajstić information content (AvgIpc) is 2.38. The van der Waals surface area contributed by atoms with Crippen LogP contribution in [0, 0.1) is 0 Å². The van der Waals surface area contributed by atoms with Crippen molar-refractivity contribution >= 4 is 29.2 Å². The molecule has 0 aromatic heterocycles. The van der Waals surface area contributed by atoms with E-state index in [0.29, 0.717) is 23.7 Å². The van der Waals surface area contributed by atoms with Gasteiger partial charge in [0.1, 0.15) is 6.04 Å². The Morgan fingerprint density at radius 3 is 2.74 bits per heavy atom. The van der Waals surface area contributed by atoms with Crippen LogP contribution in [0.15, 0.2) is 18.2 Å². The fraction of sp³-hybridized carbons (Fsp3) is 0.385. The predicted molar refractivity (Wildman–Crippen MR) is 72.6 cm³/mol. The summed E-state index contributed by atoms with van der Waals surface area (Å²) in [6, 6.07) is 4.19. The minimum Gasteiger partial charge on any atom is -0.478 e. The van der Waals surface area contributed by atoms with Crippen LogP contribution in [0.3, 0.4) is 0 Å². The molecule has 5 nitrogen and oxygen atoms in total. The average molecular weight is 283 g/mol. The third-order valence-corrected chi connectivity index (χ3v) is 3.64. The normalized spacial score (nSPS) is 19.2. The van der Waals surface area contributed by atoms with Crippen molar-refractivity contribution in [1.82, 2.24) is 0 Å². The van der Waals surface area contributed by atoms with Gasteiger partial charge >= 0.3 is 5.97 Å². The Bertz CT molecular complexity index is 519. The lowest BCUT2D eigenvalue weighted by Gasteiger charge is -2.36. The van der Waals surface area contributed by atoms with Crippen molar-refractivity contribution in [2.24, 2.45) is 5.73 Å². The highest BCUT2D eigenvalue weighted by Gasteiger charge is 2.31. The number of para-hydroxylation sites is 1. The van der Waals surface area contributed by atoms with Crippen molar-refractivity contribution in [3.8, 4) is 0 Å². The Morgan fingerprint density at radius 1 is 1.37 bits per heavy atom. The minimum absolute atomic E-state index is 0.0978. The van der Waals surface area contributed by atoms with Crippen LogP contribution in [0.1, 0.15) is 29.6 Å². The lowest BCUT2D eigenvalue weighted by atomic mass is 9.99. The summed E-state index contributed by atoms with van der Waals surface area (Å²) in [5.74, 6) is -1.51. The number of hydrogen-bond donors (Lipinski definition) is 2. The third-order valence-electron chi connectivity index (χ3n) is 3.34. The van der Waals surface area contributed by atoms with Gasteiger partial charge in [-0.3, -0.25) is 4.79 Å². The smallest absolute Gasteiger partial charge is 0.337 e. The third kappa shape index (κ3) is 2.66. The van der Waals surface area contributed by atoms with Gasteiger partial charge in [-0.1, -0.05) is 17.7 Å². The number of amides is 1. The van der Waals surface area contributed by atoms with Crippen LogP contribution in [0.2, 0.25) is 5.02 Å². The van der Waals surface area contributed by atoms with Crippen molar-refractivity contribution in [3.63, 3.8) is 0 Å². The van der Waals surface area contributed by atoms with Gasteiger partial charge < -0.3 is 15.7 Å². The van der Waals surface area contributed by atoms with E-state index in [2.05, 4.69) is 0 Å². The van der Waals surface area contributed by atoms with Crippen molar-refractivity contribution in [1.29, 1.82) is 0 Å². The van der Waals surface area contributed by atoms with Gasteiger partial charge in [0, 0.05) is 6.54 Å². The molecule has 1 heterocycles. The van der Waals surface area contributed by atoms with E-state index in [9.17, 15) is 14.7 Å². The number of benzene rings is 1. The number of halogens is 1. The molecule has 1 aliphatic heterocycles. The predicted octanol–water partition coefficient (Wildman–Crippen LogP) is 1.88. The van der Waals surface area contributed by atoms with Crippen LogP contribution < -0.4 is 10.6 Å². The van der Waals surface area contributed by atoms with Gasteiger partial charge in [-0.05, 0) is 31.4 Å². The second kappa shape index (κ2) is 5.48. The zero-order chi connectivity index (χ0) is 14.0. The Morgan fingerprint density at radius 2 is 2.11 bits per heavy atom. The number of nitrogens with two attached hydrogens (primary N) is 1. The van der Waals surface area contributed by atoms with Crippen LogP contribution in [0.5, 0.6) is 0 Å². The molecule has 19 heavy (non-hydrogen) atoms. The second-order valence-corrected chi connectivity index (χ2v) is 4.96. The second-order valence-electron chi connectivity index (χ2n) is 4.55. The van der Waals surface area contributed by atoms with E-state index in [4.69, 9.17) is 17.3 Å². The summed E-state index contributed by atoms with van der Waals surface area (Å²) < 4.78 is 0. The van der Waals surface area contributed by atoms with Crippen LogP contribution in [0.25, 0.3) is 0 Å². The monoisotopic (exact) mass is 282 g/mol. The molecule has 1 aromatic carbocycles. The maximum absolute atomic E-state index is 11.5. The summed E-state index contributed by atoms with van der Waals surface area (Å²) in [5.41, 5.74) is 5.89. The largest absolute Gasteiger partial charge is 0.478 e. The fourth-order valence-corrected chi connectivity index (χ4v) is 2.76. The van der Waals surface area contributed by atoms with Crippen molar-refractivity contribution in [2.45, 2.75) is 25.3 Å². The van der Waals surface area contributed by atoms with E-state index in [0.717, 1.165) is 12.8 Å². The van der Waals surface area contributed by atoms with Gasteiger partial charge in [0.2, 0.25) is 5.91 Å². The molecule has 102 valence electrons. The van der Waals surface area contributed by atoms with Crippen molar-refractivity contribution in [3.05, 3.63) is 28.8 Å². The molecule has 1 aromatic rings. The van der Waals surface area contributed by atoms with Gasteiger partial charge in [0.05, 0.1) is 16.3 Å². The number of rotatable bonds is 3. The summed E-state index contributed by atoms with van der Waals surface area (Å²) in [6.07, 6.45) is 2.41. The summed E-state index contributed by atoms with van der Waals surface area (Å²) in [5, 5.41) is 9.57. The van der Waals surface area contributed by atoms with Gasteiger partial charge in [0.15, 0.2) is 0 Å². The highest BCUT2D eigenvalue weighted by molar-refractivity contribution is 6.34. The SMILES string of the molecule is NC(=O)C1CCCCN1c1c(Cl)cccc1C(=O)O. The topological polar surface area (TPSA) is 83.6 Å². The van der Waals surface area contributed by atoms with E-state index in [1.807, 2.05) is 0 Å². The standard InChI is InChI=1S/C13H15ClN2O3/c14-9-5-3-4-8(13(18)19)11(9)16-7-2-1-6-10(16)12(15)17/h3-5,10H,1-2,6-7H2,(H2,15,17)(H,18,19). The van der Waals surface area contributed by atoms with Gasteiger partial charge in [-0.25, -0.2) is 4.79 Å². The maximum Gasteiger partial charge on any atom is 0.337 e. The summed E-state index contributed by atoms with van der Waals surface area (Å²) in [6.45, 7) is 0.581. The number of carboxylic acids is 1. The molecule has 1 atom stereocenters. The number of primary amides is 1. The van der Waals surface area contributed by atoms with E-state index < -0.39 is 17.9 Å². The maximum atomic E-state index is 11.5. The first-order valence-electron chi connectivity index (χ1n) is 6.10. The molecule has 3 N–H and O–H groups in total. The number of carbonyl (C=O) groups is 2. The van der Waals surface area contributed by atoms with Gasteiger partial charge in [0.25, 0.3) is 0 Å². The van der Waals surface area contributed by atoms with E-state index in [1.54, 1.807) is 17.0 Å². The zero-order valence-corrected chi connectivity index (χ0v) is 11.1. The number of anilines is 1. The summed E-state index contributed by atoms with van der Waals surface area (Å²) >= 11 is 6.12. The molecular formula is C13H15ClN2O3. The summed E-state index contributed by atoms with van der Waals surface area (Å²) in [4.78, 5) is 24.5. The van der Waals surface area contributed by atoms with Crippen LogP contribution in [-0.4, -0.2) is 29.6 Å². The Balaban J connectivity index is 2.49. The van der Waals surface area contributed by atoms with Crippen LogP contribution in [-0.2, 0) is 4.79 Å². The van der Waals surface area contributed by atoms with E-state index in [-0.39, 0.29) is 5.56 Å². The van der Waals surface area contributed by atoms with Gasteiger partial charge in [-0.2, -0.15) is 0 Å². The molecule has 6 heteroatoms. The van der Waals surface area contributed by atoms with Crippen LogP contribution in [0.4, 0.5) is 5.69 Å². The van der Waals surface area contributed by atoms with Crippen molar-refractivity contribution in [2.75, 3.05) is 11.4 Å². The molecule has 1 aliphatic rings. The fourth-order valence-electron chi connectivity index (χ4n) is 2.47. The number of aromatic carboxylic acids is 1. The highest BCUT2D eigenvalue weighted by Crippen LogP contribution is 2.34. The molecule has 1 amide bonds. The molecule has 0 aliphatic carbocycles. The Kier molecular flexibility index (Phi) is 3.95. The molecule has 1 saturated heterocycles. The molecule has 0 spiro atoms. The number of piperidine rings is 1. The molecule has 0 saturated carbocycles. The molecule has 1 fully saturated rings.